The number of thiophene rings is 1. The van der Waals surface area contributed by atoms with E-state index in [0.29, 0.717) is 5.70 Å². The quantitative estimate of drug-likeness (QED) is 0.445. The van der Waals surface area contributed by atoms with Crippen LogP contribution in [-0.2, 0) is 0 Å². The number of hydrazine groups is 1. The number of rotatable bonds is 3. The van der Waals surface area contributed by atoms with Crippen LogP contribution in [0.5, 0.6) is 0 Å². The minimum Gasteiger partial charge on any atom is -0.396 e. The summed E-state index contributed by atoms with van der Waals surface area (Å²) in [5.74, 6) is 5.22. The number of allylic oxidation sites excluding steroid dienone is 1. The number of nitrogens with two attached hydrogens (primary N) is 2. The molecule has 2 rings (SSSR count). The Kier molecular flexibility index (Phi) is 3.63. The average molecular weight is 256 g/mol. The molecule has 0 aliphatic heterocycles. The van der Waals surface area contributed by atoms with Crippen LogP contribution in [0.25, 0.3) is 16.8 Å². The van der Waals surface area contributed by atoms with Crippen molar-refractivity contribution in [1.29, 1.82) is 5.26 Å². The summed E-state index contributed by atoms with van der Waals surface area (Å²) in [6.45, 7) is 0. The van der Waals surface area contributed by atoms with E-state index < -0.39 is 0 Å². The molecule has 0 aliphatic rings. The van der Waals surface area contributed by atoms with Crippen molar-refractivity contribution in [3.63, 3.8) is 0 Å². The van der Waals surface area contributed by atoms with Crippen molar-refractivity contribution in [3.05, 3.63) is 52.4 Å². The van der Waals surface area contributed by atoms with Crippen LogP contribution in [0.3, 0.4) is 0 Å². The molecule has 1 heterocycles. The summed E-state index contributed by atoms with van der Waals surface area (Å²) < 4.78 is 0. The summed E-state index contributed by atoms with van der Waals surface area (Å²) in [6.07, 6.45) is 0. The molecule has 0 aliphatic carbocycles. The third-order valence-electron chi connectivity index (χ3n) is 2.58. The van der Waals surface area contributed by atoms with Gasteiger partial charge < -0.3 is 11.2 Å². The van der Waals surface area contributed by atoms with E-state index in [1.54, 1.807) is 11.3 Å². The lowest BCUT2D eigenvalue weighted by Crippen LogP contribution is -2.23. The SMILES string of the molecule is N#C/C(NN)=C(/N)c1ccc(-c2ccsc2)cc1. The Morgan fingerprint density at radius 3 is 2.39 bits per heavy atom. The molecule has 2 aromatic rings. The van der Waals surface area contributed by atoms with Crippen LogP contribution in [0.2, 0.25) is 0 Å². The monoisotopic (exact) mass is 256 g/mol. The summed E-state index contributed by atoms with van der Waals surface area (Å²) in [5, 5.41) is 12.9. The van der Waals surface area contributed by atoms with Crippen molar-refractivity contribution in [3.8, 4) is 17.2 Å². The zero-order valence-electron chi connectivity index (χ0n) is 9.55. The van der Waals surface area contributed by atoms with Gasteiger partial charge in [0.25, 0.3) is 0 Å². The van der Waals surface area contributed by atoms with Gasteiger partial charge in [-0.3, -0.25) is 0 Å². The summed E-state index contributed by atoms with van der Waals surface area (Å²) in [4.78, 5) is 0. The van der Waals surface area contributed by atoms with Gasteiger partial charge in [0.1, 0.15) is 6.07 Å². The smallest absolute Gasteiger partial charge is 0.151 e. The molecule has 90 valence electrons. The van der Waals surface area contributed by atoms with Crippen LogP contribution < -0.4 is 17.0 Å². The van der Waals surface area contributed by atoms with Gasteiger partial charge in [-0.1, -0.05) is 24.3 Å². The Bertz CT molecular complexity index is 591. The molecule has 1 aromatic heterocycles. The minimum absolute atomic E-state index is 0.165. The first-order chi connectivity index (χ1) is 8.76. The lowest BCUT2D eigenvalue weighted by atomic mass is 10.0. The van der Waals surface area contributed by atoms with Crippen LogP contribution in [0.1, 0.15) is 5.56 Å². The van der Waals surface area contributed by atoms with E-state index >= 15 is 0 Å². The maximum atomic E-state index is 8.83. The lowest BCUT2D eigenvalue weighted by molar-refractivity contribution is 0.920. The predicted octanol–water partition coefficient (Wildman–Crippen LogP) is 2.03. The van der Waals surface area contributed by atoms with Crippen molar-refractivity contribution >= 4 is 17.0 Å². The van der Waals surface area contributed by atoms with Gasteiger partial charge in [-0.15, -0.1) is 0 Å². The molecule has 0 amide bonds. The molecule has 1 aromatic carbocycles. The third kappa shape index (κ3) is 2.35. The molecular weight excluding hydrogens is 244 g/mol. The molecule has 4 nitrogen and oxygen atoms in total. The van der Waals surface area contributed by atoms with Crippen molar-refractivity contribution in [2.24, 2.45) is 11.6 Å². The van der Waals surface area contributed by atoms with Gasteiger partial charge in [0.05, 0.1) is 5.70 Å². The first-order valence-electron chi connectivity index (χ1n) is 5.25. The molecule has 5 heteroatoms. The van der Waals surface area contributed by atoms with Crippen LogP contribution in [0, 0.1) is 11.3 Å². The molecule has 5 N–H and O–H groups in total. The fourth-order valence-electron chi connectivity index (χ4n) is 1.59. The molecule has 0 bridgehead atoms. The van der Waals surface area contributed by atoms with Crippen LogP contribution in [0.4, 0.5) is 0 Å². The van der Waals surface area contributed by atoms with Crippen molar-refractivity contribution in [2.45, 2.75) is 0 Å². The Morgan fingerprint density at radius 1 is 1.17 bits per heavy atom. The van der Waals surface area contributed by atoms with E-state index in [0.717, 1.165) is 11.1 Å². The molecule has 0 fully saturated rings. The maximum Gasteiger partial charge on any atom is 0.151 e. The van der Waals surface area contributed by atoms with Gasteiger partial charge in [0.2, 0.25) is 0 Å². The number of nitriles is 1. The van der Waals surface area contributed by atoms with Gasteiger partial charge in [-0.05, 0) is 28.0 Å². The fourth-order valence-corrected chi connectivity index (χ4v) is 2.25. The summed E-state index contributed by atoms with van der Waals surface area (Å²) in [5.41, 5.74) is 11.7. The summed E-state index contributed by atoms with van der Waals surface area (Å²) in [6, 6.07) is 11.6. The Labute approximate surface area is 109 Å². The van der Waals surface area contributed by atoms with Gasteiger partial charge in [0, 0.05) is 5.56 Å². The van der Waals surface area contributed by atoms with Crippen molar-refractivity contribution < 1.29 is 0 Å². The molecule has 0 unspecified atom stereocenters. The highest BCUT2D eigenvalue weighted by molar-refractivity contribution is 7.08. The van der Waals surface area contributed by atoms with E-state index in [1.807, 2.05) is 35.7 Å². The molecule has 0 saturated carbocycles. The zero-order valence-corrected chi connectivity index (χ0v) is 10.4. The third-order valence-corrected chi connectivity index (χ3v) is 3.26. The highest BCUT2D eigenvalue weighted by Gasteiger charge is 2.05. The van der Waals surface area contributed by atoms with Crippen LogP contribution in [0.15, 0.2) is 46.8 Å². The predicted molar refractivity (Wildman–Crippen MR) is 73.8 cm³/mol. The zero-order chi connectivity index (χ0) is 13.0. The number of hydrogen-bond acceptors (Lipinski definition) is 5. The Morgan fingerprint density at radius 2 is 1.89 bits per heavy atom. The van der Waals surface area contributed by atoms with Gasteiger partial charge >= 0.3 is 0 Å². The minimum atomic E-state index is 0.165. The normalized spacial score (nSPS) is 11.6. The number of nitrogens with zero attached hydrogens (tertiary/aromatic N) is 1. The van der Waals surface area contributed by atoms with E-state index in [2.05, 4.69) is 16.9 Å². The second kappa shape index (κ2) is 5.36. The number of nitrogens with one attached hydrogen (secondary N) is 1. The lowest BCUT2D eigenvalue weighted by Gasteiger charge is -2.06. The van der Waals surface area contributed by atoms with E-state index in [9.17, 15) is 0 Å². The van der Waals surface area contributed by atoms with E-state index in [1.165, 1.54) is 5.56 Å². The molecule has 0 saturated heterocycles. The fraction of sp³-hybridized carbons (Fsp3) is 0. The van der Waals surface area contributed by atoms with Crippen LogP contribution >= 0.6 is 11.3 Å². The second-order valence-electron chi connectivity index (χ2n) is 3.63. The molecule has 0 atom stereocenters. The Balaban J connectivity index is 2.34. The summed E-state index contributed by atoms with van der Waals surface area (Å²) in [7, 11) is 0. The van der Waals surface area contributed by atoms with E-state index in [4.69, 9.17) is 16.8 Å². The maximum absolute atomic E-state index is 8.83. The van der Waals surface area contributed by atoms with Crippen molar-refractivity contribution in [1.82, 2.24) is 5.43 Å². The molecule has 18 heavy (non-hydrogen) atoms. The summed E-state index contributed by atoms with van der Waals surface area (Å²) >= 11 is 1.65. The largest absolute Gasteiger partial charge is 0.396 e. The number of hydrogen-bond donors (Lipinski definition) is 3. The van der Waals surface area contributed by atoms with Gasteiger partial charge in [-0.2, -0.15) is 16.6 Å². The van der Waals surface area contributed by atoms with Gasteiger partial charge in [0.15, 0.2) is 5.70 Å². The highest BCUT2D eigenvalue weighted by Crippen LogP contribution is 2.23. The highest BCUT2D eigenvalue weighted by atomic mass is 32.1. The second-order valence-corrected chi connectivity index (χ2v) is 4.41. The number of benzene rings is 1. The van der Waals surface area contributed by atoms with Gasteiger partial charge in [-0.25, -0.2) is 5.84 Å². The average Bonchev–Trinajstić information content (AvgIpc) is 2.94. The van der Waals surface area contributed by atoms with Crippen LogP contribution in [-0.4, -0.2) is 0 Å². The van der Waals surface area contributed by atoms with Crippen molar-refractivity contribution in [2.75, 3.05) is 0 Å². The molecule has 0 spiro atoms. The topological polar surface area (TPSA) is 87.9 Å². The molecular formula is C13H12N4S. The Hall–Kier alpha value is -2.29. The first-order valence-corrected chi connectivity index (χ1v) is 6.20. The standard InChI is InChI=1S/C13H12N4S/c14-7-12(17-16)13(15)10-3-1-9(2-4-10)11-5-6-18-8-11/h1-6,8,17H,15-16H2/b13-12-. The van der Waals surface area contributed by atoms with E-state index in [-0.39, 0.29) is 5.70 Å². The first kappa shape index (κ1) is 12.2. The molecule has 0 radical (unpaired) electrons.